The highest BCUT2D eigenvalue weighted by molar-refractivity contribution is 7.89. The number of piperazine rings is 1. The predicted molar refractivity (Wildman–Crippen MR) is 91.5 cm³/mol. The second-order valence-corrected chi connectivity index (χ2v) is 9.35. The number of hydrogen-bond acceptors (Lipinski definition) is 5. The SMILES string of the molecule is CC(C)(C)CN1CCN(S(=O)(=O)c2ccc3[nH]c(=O)oc3c2)CC1. The van der Waals surface area contributed by atoms with Crippen molar-refractivity contribution in [1.82, 2.24) is 14.2 Å². The monoisotopic (exact) mass is 353 g/mol. The van der Waals surface area contributed by atoms with Gasteiger partial charge < -0.3 is 9.32 Å². The number of aromatic nitrogens is 1. The molecule has 2 aromatic rings. The minimum absolute atomic E-state index is 0.155. The average Bonchev–Trinajstić information content (AvgIpc) is 2.85. The molecule has 0 bridgehead atoms. The van der Waals surface area contributed by atoms with E-state index in [4.69, 9.17) is 4.42 Å². The van der Waals surface area contributed by atoms with Gasteiger partial charge in [-0.3, -0.25) is 4.98 Å². The molecule has 0 aliphatic carbocycles. The molecule has 3 rings (SSSR count). The summed E-state index contributed by atoms with van der Waals surface area (Å²) in [7, 11) is -3.58. The van der Waals surface area contributed by atoms with Gasteiger partial charge >= 0.3 is 5.76 Å². The molecule has 1 aromatic carbocycles. The van der Waals surface area contributed by atoms with Crippen molar-refractivity contribution < 1.29 is 12.8 Å². The smallest absolute Gasteiger partial charge is 0.408 e. The number of sulfonamides is 1. The summed E-state index contributed by atoms with van der Waals surface area (Å²) in [5, 5.41) is 0. The Morgan fingerprint density at radius 1 is 1.17 bits per heavy atom. The number of fused-ring (bicyclic) bond motifs is 1. The minimum Gasteiger partial charge on any atom is -0.408 e. The number of aromatic amines is 1. The van der Waals surface area contributed by atoms with Crippen LogP contribution in [0.3, 0.4) is 0 Å². The van der Waals surface area contributed by atoms with Crippen LogP contribution in [-0.4, -0.2) is 55.3 Å². The lowest BCUT2D eigenvalue weighted by molar-refractivity contribution is 0.141. The molecule has 1 fully saturated rings. The van der Waals surface area contributed by atoms with Crippen molar-refractivity contribution in [3.05, 3.63) is 28.7 Å². The standard InChI is InChI=1S/C16H23N3O4S/c1-16(2,3)11-18-6-8-19(9-7-18)24(21,22)12-4-5-13-14(10-12)23-15(20)17-13/h4-5,10H,6-9,11H2,1-3H3,(H,17,20). The van der Waals surface area contributed by atoms with Gasteiger partial charge in [-0.15, -0.1) is 0 Å². The van der Waals surface area contributed by atoms with Crippen molar-refractivity contribution >= 4 is 21.1 Å². The van der Waals surface area contributed by atoms with Crippen molar-refractivity contribution in [3.8, 4) is 0 Å². The largest absolute Gasteiger partial charge is 0.417 e. The van der Waals surface area contributed by atoms with E-state index in [1.54, 1.807) is 6.07 Å². The molecule has 1 aliphatic rings. The van der Waals surface area contributed by atoms with Crippen LogP contribution in [0.15, 0.2) is 32.3 Å². The molecule has 0 unspecified atom stereocenters. The van der Waals surface area contributed by atoms with E-state index in [2.05, 4.69) is 30.7 Å². The van der Waals surface area contributed by atoms with Gasteiger partial charge in [0.1, 0.15) is 0 Å². The van der Waals surface area contributed by atoms with Crippen LogP contribution in [0.2, 0.25) is 0 Å². The summed E-state index contributed by atoms with van der Waals surface area (Å²) in [5.41, 5.74) is 0.944. The van der Waals surface area contributed by atoms with Crippen molar-refractivity contribution in [2.45, 2.75) is 25.7 Å². The molecule has 1 aromatic heterocycles. The second-order valence-electron chi connectivity index (χ2n) is 7.41. The lowest BCUT2D eigenvalue weighted by Gasteiger charge is -2.37. The quantitative estimate of drug-likeness (QED) is 0.903. The Morgan fingerprint density at radius 2 is 1.83 bits per heavy atom. The molecule has 8 heteroatoms. The second kappa shape index (κ2) is 6.02. The first-order chi connectivity index (χ1) is 11.1. The number of nitrogens with one attached hydrogen (secondary N) is 1. The van der Waals surface area contributed by atoms with E-state index in [0.717, 1.165) is 19.6 Å². The van der Waals surface area contributed by atoms with Gasteiger partial charge in [-0.05, 0) is 17.5 Å². The Morgan fingerprint density at radius 3 is 2.46 bits per heavy atom. The Kier molecular flexibility index (Phi) is 4.31. The fourth-order valence-corrected chi connectivity index (χ4v) is 4.47. The van der Waals surface area contributed by atoms with Crippen molar-refractivity contribution in [2.24, 2.45) is 5.41 Å². The van der Waals surface area contributed by atoms with E-state index in [1.165, 1.54) is 16.4 Å². The Balaban J connectivity index is 1.77. The van der Waals surface area contributed by atoms with Crippen molar-refractivity contribution in [2.75, 3.05) is 32.7 Å². The fraction of sp³-hybridized carbons (Fsp3) is 0.562. The Labute approximate surface area is 141 Å². The van der Waals surface area contributed by atoms with E-state index < -0.39 is 15.8 Å². The molecule has 0 spiro atoms. The third-order valence-electron chi connectivity index (χ3n) is 4.06. The molecule has 0 radical (unpaired) electrons. The highest BCUT2D eigenvalue weighted by atomic mass is 32.2. The molecule has 0 saturated carbocycles. The normalized spacial score (nSPS) is 18.3. The van der Waals surface area contributed by atoms with Crippen LogP contribution >= 0.6 is 0 Å². The maximum Gasteiger partial charge on any atom is 0.417 e. The lowest BCUT2D eigenvalue weighted by Crippen LogP contribution is -2.50. The maximum absolute atomic E-state index is 12.8. The lowest BCUT2D eigenvalue weighted by atomic mass is 9.96. The molecule has 0 amide bonds. The number of rotatable bonds is 3. The van der Waals surface area contributed by atoms with Gasteiger partial charge in [0.2, 0.25) is 10.0 Å². The molecule has 1 saturated heterocycles. The zero-order chi connectivity index (χ0) is 17.5. The average molecular weight is 353 g/mol. The first-order valence-electron chi connectivity index (χ1n) is 8.01. The van der Waals surface area contributed by atoms with Crippen LogP contribution in [-0.2, 0) is 10.0 Å². The molecule has 132 valence electrons. The Hall–Kier alpha value is -1.64. The molecular formula is C16H23N3O4S. The van der Waals surface area contributed by atoms with Gasteiger partial charge in [0.25, 0.3) is 0 Å². The summed E-state index contributed by atoms with van der Waals surface area (Å²) in [6, 6.07) is 4.47. The number of H-pyrrole nitrogens is 1. The summed E-state index contributed by atoms with van der Waals surface area (Å²) in [6.07, 6.45) is 0. The van der Waals surface area contributed by atoms with Gasteiger partial charge in [0, 0.05) is 38.8 Å². The van der Waals surface area contributed by atoms with E-state index >= 15 is 0 Å². The zero-order valence-electron chi connectivity index (χ0n) is 14.2. The predicted octanol–water partition coefficient (Wildman–Crippen LogP) is 1.47. The summed E-state index contributed by atoms with van der Waals surface area (Å²) < 4.78 is 32.1. The number of nitrogens with zero attached hydrogens (tertiary/aromatic N) is 2. The fourth-order valence-electron chi connectivity index (χ4n) is 3.03. The van der Waals surface area contributed by atoms with Crippen LogP contribution in [0.1, 0.15) is 20.8 Å². The summed E-state index contributed by atoms with van der Waals surface area (Å²) in [4.78, 5) is 16.2. The third-order valence-corrected chi connectivity index (χ3v) is 5.95. The van der Waals surface area contributed by atoms with Crippen LogP contribution in [0.4, 0.5) is 0 Å². The highest BCUT2D eigenvalue weighted by Crippen LogP contribution is 2.22. The van der Waals surface area contributed by atoms with Crippen LogP contribution in [0.25, 0.3) is 11.1 Å². The van der Waals surface area contributed by atoms with Gasteiger partial charge in [0.15, 0.2) is 5.58 Å². The number of benzene rings is 1. The molecule has 1 aliphatic heterocycles. The van der Waals surface area contributed by atoms with Gasteiger partial charge in [-0.2, -0.15) is 4.31 Å². The number of hydrogen-bond donors (Lipinski definition) is 1. The maximum atomic E-state index is 12.8. The molecule has 24 heavy (non-hydrogen) atoms. The first-order valence-corrected chi connectivity index (χ1v) is 9.45. The van der Waals surface area contributed by atoms with E-state index in [0.29, 0.717) is 18.6 Å². The number of oxazole rings is 1. The molecule has 7 nitrogen and oxygen atoms in total. The summed E-state index contributed by atoms with van der Waals surface area (Å²) in [6.45, 7) is 9.85. The van der Waals surface area contributed by atoms with Gasteiger partial charge in [-0.1, -0.05) is 20.8 Å². The third kappa shape index (κ3) is 3.55. The van der Waals surface area contributed by atoms with Gasteiger partial charge in [-0.25, -0.2) is 13.2 Å². The molecule has 1 N–H and O–H groups in total. The van der Waals surface area contributed by atoms with Crippen LogP contribution in [0, 0.1) is 5.41 Å². The van der Waals surface area contributed by atoms with E-state index in [-0.39, 0.29) is 15.9 Å². The van der Waals surface area contributed by atoms with Gasteiger partial charge in [0.05, 0.1) is 10.4 Å². The zero-order valence-corrected chi connectivity index (χ0v) is 15.0. The van der Waals surface area contributed by atoms with E-state index in [9.17, 15) is 13.2 Å². The summed E-state index contributed by atoms with van der Waals surface area (Å²) >= 11 is 0. The molecule has 2 heterocycles. The first kappa shape index (κ1) is 17.2. The highest BCUT2D eigenvalue weighted by Gasteiger charge is 2.30. The topological polar surface area (TPSA) is 86.6 Å². The van der Waals surface area contributed by atoms with Crippen LogP contribution in [0.5, 0.6) is 0 Å². The minimum atomic E-state index is -3.58. The Bertz CT molecular complexity index is 884. The van der Waals surface area contributed by atoms with Crippen LogP contribution < -0.4 is 5.76 Å². The summed E-state index contributed by atoms with van der Waals surface area (Å²) in [5.74, 6) is -0.588. The van der Waals surface area contributed by atoms with Crippen molar-refractivity contribution in [1.29, 1.82) is 0 Å². The van der Waals surface area contributed by atoms with Crippen molar-refractivity contribution in [3.63, 3.8) is 0 Å². The molecule has 0 atom stereocenters. The molecular weight excluding hydrogens is 330 g/mol. The van der Waals surface area contributed by atoms with E-state index in [1.807, 2.05) is 0 Å².